The summed E-state index contributed by atoms with van der Waals surface area (Å²) in [6.45, 7) is 9.53. The van der Waals surface area contributed by atoms with Crippen LogP contribution in [0.5, 0.6) is 0 Å². The molecule has 0 amide bonds. The number of hydrogen-bond donors (Lipinski definition) is 0. The van der Waals surface area contributed by atoms with Gasteiger partial charge in [0.25, 0.3) is 0 Å². The fraction of sp³-hybridized carbons (Fsp3) is 0.115. The zero-order valence-corrected chi connectivity index (χ0v) is 36.2. The topological polar surface area (TPSA) is 6.48 Å². The number of anilines is 6. The Labute approximate surface area is 371 Å². The van der Waals surface area contributed by atoms with Crippen molar-refractivity contribution in [1.29, 1.82) is 0 Å². The Morgan fingerprint density at radius 3 is 1.08 bits per heavy atom. The van der Waals surface area contributed by atoms with Gasteiger partial charge in [-0.2, -0.15) is 0 Å². The third-order valence-electron chi connectivity index (χ3n) is 14.5. The van der Waals surface area contributed by atoms with E-state index in [0.29, 0.717) is 0 Å². The first kappa shape index (κ1) is 37.4. The summed E-state index contributed by atoms with van der Waals surface area (Å²) in [5.74, 6) is 0. The highest BCUT2D eigenvalue weighted by atomic mass is 15.2. The van der Waals surface area contributed by atoms with E-state index in [1.807, 2.05) is 0 Å². The second-order valence-corrected chi connectivity index (χ2v) is 18.5. The van der Waals surface area contributed by atoms with Crippen LogP contribution >= 0.6 is 0 Å². The van der Waals surface area contributed by atoms with Crippen LogP contribution in [-0.2, 0) is 16.2 Å². The molecule has 2 nitrogen and oxygen atoms in total. The maximum absolute atomic E-state index is 2.52. The minimum atomic E-state index is -0.492. The van der Waals surface area contributed by atoms with Gasteiger partial charge in [0.05, 0.1) is 5.41 Å². The summed E-state index contributed by atoms with van der Waals surface area (Å²) in [6, 6.07) is 81.3. The van der Waals surface area contributed by atoms with Crippen molar-refractivity contribution in [2.45, 2.75) is 43.9 Å². The lowest BCUT2D eigenvalue weighted by Gasteiger charge is -2.46. The second kappa shape index (κ2) is 13.8. The van der Waals surface area contributed by atoms with E-state index < -0.39 is 5.41 Å². The molecule has 2 heteroatoms. The van der Waals surface area contributed by atoms with Crippen molar-refractivity contribution < 1.29 is 0 Å². The lowest BCUT2D eigenvalue weighted by molar-refractivity contribution is 0.563. The summed E-state index contributed by atoms with van der Waals surface area (Å²) in [7, 11) is 0. The van der Waals surface area contributed by atoms with Crippen LogP contribution < -0.4 is 9.80 Å². The van der Waals surface area contributed by atoms with Gasteiger partial charge in [-0.1, -0.05) is 173 Å². The van der Waals surface area contributed by atoms with E-state index in [1.165, 1.54) is 66.8 Å². The van der Waals surface area contributed by atoms with Crippen molar-refractivity contribution >= 4 is 34.1 Å². The van der Waals surface area contributed by atoms with Crippen molar-refractivity contribution in [3.05, 3.63) is 263 Å². The quantitative estimate of drug-likeness (QED) is 0.165. The van der Waals surface area contributed by atoms with E-state index in [1.54, 1.807) is 0 Å². The molecular weight excluding hydrogens is 761 g/mol. The molecule has 0 saturated carbocycles. The molecule has 0 N–H and O–H groups in total. The molecule has 9 aromatic rings. The molecular formula is C61H48N2. The largest absolute Gasteiger partial charge is 0.311 e. The third-order valence-corrected chi connectivity index (χ3v) is 14.5. The summed E-state index contributed by atoms with van der Waals surface area (Å²) in [5.41, 5.74) is 22.1. The van der Waals surface area contributed by atoms with Crippen LogP contribution in [0.15, 0.2) is 218 Å². The summed E-state index contributed by atoms with van der Waals surface area (Å²) < 4.78 is 0. The highest BCUT2D eigenvalue weighted by Gasteiger charge is 2.53. The maximum atomic E-state index is 2.52. The highest BCUT2D eigenvalue weighted by molar-refractivity contribution is 5.92. The molecule has 0 saturated heterocycles. The zero-order valence-electron chi connectivity index (χ0n) is 36.2. The Hall–Kier alpha value is -7.42. The number of para-hydroxylation sites is 2. The Balaban J connectivity index is 1.09. The van der Waals surface area contributed by atoms with Gasteiger partial charge in [-0.05, 0) is 140 Å². The molecule has 0 radical (unpaired) electrons. The lowest BCUT2D eigenvalue weighted by Crippen LogP contribution is -2.40. The average molecular weight is 809 g/mol. The minimum absolute atomic E-state index is 0.144. The zero-order chi connectivity index (χ0) is 42.5. The molecule has 0 aliphatic heterocycles. The molecule has 0 unspecified atom stereocenters. The molecule has 9 aromatic carbocycles. The molecule has 0 heterocycles. The SMILES string of the molecule is CC1(C)c2ccccc2-c2ccc(N(c3ccc(N(c4ccccc4)c4ccccc4)cc3)c3ccc4c(c3)C3(c5ccccc5-4)c4ccccc4C(C)(C)c4ccccc43)cc21. The van der Waals surface area contributed by atoms with Crippen LogP contribution in [0.25, 0.3) is 22.3 Å². The smallest absolute Gasteiger partial charge is 0.0720 e. The van der Waals surface area contributed by atoms with Gasteiger partial charge in [-0.3, -0.25) is 0 Å². The highest BCUT2D eigenvalue weighted by Crippen LogP contribution is 2.63. The van der Waals surface area contributed by atoms with Crippen molar-refractivity contribution in [2.24, 2.45) is 0 Å². The van der Waals surface area contributed by atoms with Crippen LogP contribution in [0, 0.1) is 0 Å². The van der Waals surface area contributed by atoms with Crippen LogP contribution in [0.2, 0.25) is 0 Å². The van der Waals surface area contributed by atoms with Gasteiger partial charge in [0.1, 0.15) is 0 Å². The van der Waals surface area contributed by atoms with E-state index in [9.17, 15) is 0 Å². The number of nitrogens with zero attached hydrogens (tertiary/aromatic N) is 2. The number of rotatable bonds is 6. The number of hydrogen-bond acceptors (Lipinski definition) is 2. The molecule has 0 atom stereocenters. The van der Waals surface area contributed by atoms with Gasteiger partial charge in [0.2, 0.25) is 0 Å². The molecule has 12 rings (SSSR count). The predicted molar refractivity (Wildman–Crippen MR) is 263 cm³/mol. The number of fused-ring (bicyclic) bond motifs is 12. The van der Waals surface area contributed by atoms with Gasteiger partial charge in [0, 0.05) is 45.0 Å². The van der Waals surface area contributed by atoms with Gasteiger partial charge in [0.15, 0.2) is 0 Å². The molecule has 3 aliphatic rings. The second-order valence-electron chi connectivity index (χ2n) is 18.5. The van der Waals surface area contributed by atoms with E-state index in [2.05, 4.69) is 256 Å². The van der Waals surface area contributed by atoms with Crippen LogP contribution in [0.3, 0.4) is 0 Å². The molecule has 1 spiro atoms. The monoisotopic (exact) mass is 808 g/mol. The number of benzene rings is 9. The molecule has 0 aromatic heterocycles. The third kappa shape index (κ3) is 5.31. The molecule has 302 valence electrons. The predicted octanol–water partition coefficient (Wildman–Crippen LogP) is 15.9. The summed E-state index contributed by atoms with van der Waals surface area (Å²) in [5, 5.41) is 0. The van der Waals surface area contributed by atoms with E-state index in [-0.39, 0.29) is 10.8 Å². The standard InChI is InChI=1S/C61H48N2/c1-59(2)51-25-13-11-23-47(51)49-37-35-45(39-57(49)59)63(44-33-31-43(32-34-44)62(41-19-7-5-8-20-41)42-21-9-6-10-22-42)46-36-38-50-48-24-12-14-26-52(48)61(58(50)40-46)55-29-17-15-27-53(55)60(3,4)54-28-16-18-30-56(54)61/h5-40H,1-4H3. The first-order chi connectivity index (χ1) is 30.8. The molecule has 0 fully saturated rings. The van der Waals surface area contributed by atoms with E-state index in [4.69, 9.17) is 0 Å². The van der Waals surface area contributed by atoms with Crippen molar-refractivity contribution in [1.82, 2.24) is 0 Å². The Bertz CT molecular complexity index is 3140. The molecule has 63 heavy (non-hydrogen) atoms. The first-order valence-electron chi connectivity index (χ1n) is 22.3. The minimum Gasteiger partial charge on any atom is -0.311 e. The van der Waals surface area contributed by atoms with Gasteiger partial charge >= 0.3 is 0 Å². The van der Waals surface area contributed by atoms with Crippen molar-refractivity contribution in [3.8, 4) is 22.3 Å². The Morgan fingerprint density at radius 2 is 0.556 bits per heavy atom. The maximum Gasteiger partial charge on any atom is 0.0720 e. The van der Waals surface area contributed by atoms with Gasteiger partial charge < -0.3 is 9.80 Å². The summed E-state index contributed by atoms with van der Waals surface area (Å²) in [4.78, 5) is 4.82. The van der Waals surface area contributed by atoms with Gasteiger partial charge in [-0.15, -0.1) is 0 Å². The van der Waals surface area contributed by atoms with Crippen LogP contribution in [0.1, 0.15) is 72.2 Å². The first-order valence-corrected chi connectivity index (χ1v) is 22.3. The molecule has 0 bridgehead atoms. The van der Waals surface area contributed by atoms with Crippen LogP contribution in [-0.4, -0.2) is 0 Å². The van der Waals surface area contributed by atoms with Gasteiger partial charge in [-0.25, -0.2) is 0 Å². The fourth-order valence-electron chi connectivity index (χ4n) is 11.6. The Morgan fingerprint density at radius 1 is 0.238 bits per heavy atom. The van der Waals surface area contributed by atoms with E-state index >= 15 is 0 Å². The average Bonchev–Trinajstić information content (AvgIpc) is 3.75. The summed E-state index contributed by atoms with van der Waals surface area (Å²) >= 11 is 0. The van der Waals surface area contributed by atoms with Crippen LogP contribution in [0.4, 0.5) is 34.1 Å². The fourth-order valence-corrected chi connectivity index (χ4v) is 11.6. The Kier molecular flexibility index (Phi) is 8.18. The summed E-state index contributed by atoms with van der Waals surface area (Å²) in [6.07, 6.45) is 0. The van der Waals surface area contributed by atoms with Crippen molar-refractivity contribution in [2.75, 3.05) is 9.80 Å². The normalized spacial score (nSPS) is 15.0. The lowest BCUT2D eigenvalue weighted by atomic mass is 9.55. The van der Waals surface area contributed by atoms with E-state index in [0.717, 1.165) is 34.1 Å². The van der Waals surface area contributed by atoms with Crippen molar-refractivity contribution in [3.63, 3.8) is 0 Å². The molecule has 3 aliphatic carbocycles.